The first kappa shape index (κ1) is 19.1. The molecular formula is C20H23N4O2S2+. The third-order valence-corrected chi connectivity index (χ3v) is 6.06. The maximum atomic E-state index is 10.3. The highest BCUT2D eigenvalue weighted by Gasteiger charge is 2.14. The van der Waals surface area contributed by atoms with Crippen LogP contribution >= 0.6 is 23.6 Å². The molecule has 0 spiro atoms. The Morgan fingerprint density at radius 1 is 1.21 bits per heavy atom. The molecule has 1 aromatic heterocycles. The lowest BCUT2D eigenvalue weighted by Crippen LogP contribution is -3.14. The first-order valence-electron chi connectivity index (χ1n) is 9.34. The number of thiazole rings is 1. The average Bonchev–Trinajstić information content (AvgIpc) is 3.14. The maximum Gasteiger partial charge on any atom is 0.170 e. The van der Waals surface area contributed by atoms with Crippen molar-refractivity contribution in [2.75, 3.05) is 44.7 Å². The van der Waals surface area contributed by atoms with Crippen LogP contribution in [0.15, 0.2) is 42.5 Å². The maximum absolute atomic E-state index is 10.3. The van der Waals surface area contributed by atoms with Gasteiger partial charge in [-0.2, -0.15) is 0 Å². The molecule has 0 amide bonds. The van der Waals surface area contributed by atoms with Crippen LogP contribution in [0.2, 0.25) is 0 Å². The molecule has 4 N–H and O–H groups in total. The van der Waals surface area contributed by atoms with E-state index < -0.39 is 0 Å². The Morgan fingerprint density at radius 3 is 2.86 bits per heavy atom. The molecule has 0 radical (unpaired) electrons. The molecule has 0 aliphatic carbocycles. The van der Waals surface area contributed by atoms with Crippen LogP contribution in [0.1, 0.15) is 0 Å². The zero-order chi connectivity index (χ0) is 19.3. The highest BCUT2D eigenvalue weighted by molar-refractivity contribution is 7.80. The number of nitrogens with one attached hydrogen (secondary N) is 3. The van der Waals surface area contributed by atoms with E-state index in [2.05, 4.69) is 15.6 Å². The van der Waals surface area contributed by atoms with Crippen LogP contribution in [-0.2, 0) is 4.74 Å². The number of hydrogen-bond donors (Lipinski definition) is 4. The Bertz CT molecular complexity index is 937. The van der Waals surface area contributed by atoms with Gasteiger partial charge in [-0.25, -0.2) is 4.98 Å². The number of thiocarbonyl (C=S) groups is 1. The van der Waals surface area contributed by atoms with Gasteiger partial charge in [-0.15, -0.1) is 11.3 Å². The Hall–Kier alpha value is -2.26. The number of aromatic nitrogens is 1. The summed E-state index contributed by atoms with van der Waals surface area (Å²) < 4.78 is 6.47. The van der Waals surface area contributed by atoms with Crippen LogP contribution in [0.4, 0.5) is 5.69 Å². The number of para-hydroxylation sites is 1. The second-order valence-electron chi connectivity index (χ2n) is 6.71. The van der Waals surface area contributed by atoms with Crippen molar-refractivity contribution in [2.24, 2.45) is 0 Å². The lowest BCUT2D eigenvalue weighted by molar-refractivity contribution is -0.906. The smallest absolute Gasteiger partial charge is 0.170 e. The summed E-state index contributed by atoms with van der Waals surface area (Å²) in [5, 5.41) is 18.1. The van der Waals surface area contributed by atoms with Crippen molar-refractivity contribution in [3.05, 3.63) is 42.5 Å². The number of morpholine rings is 1. The van der Waals surface area contributed by atoms with E-state index in [1.54, 1.807) is 17.4 Å². The summed E-state index contributed by atoms with van der Waals surface area (Å²) in [4.78, 5) is 6.17. The monoisotopic (exact) mass is 415 g/mol. The molecule has 0 atom stereocenters. The molecule has 2 heterocycles. The molecule has 2 aromatic carbocycles. The van der Waals surface area contributed by atoms with E-state index in [4.69, 9.17) is 17.0 Å². The molecule has 0 saturated carbocycles. The van der Waals surface area contributed by atoms with Gasteiger partial charge in [-0.3, -0.25) is 0 Å². The number of aromatic hydroxyl groups is 1. The van der Waals surface area contributed by atoms with E-state index >= 15 is 0 Å². The Labute approximate surface area is 173 Å². The summed E-state index contributed by atoms with van der Waals surface area (Å²) >= 11 is 6.98. The number of hydrogen-bond acceptors (Lipinski definition) is 5. The van der Waals surface area contributed by atoms with Crippen molar-refractivity contribution in [2.45, 2.75) is 0 Å². The minimum atomic E-state index is 0.208. The van der Waals surface area contributed by atoms with Gasteiger partial charge in [0, 0.05) is 5.69 Å². The van der Waals surface area contributed by atoms with Gasteiger partial charge >= 0.3 is 0 Å². The van der Waals surface area contributed by atoms with Gasteiger partial charge in [-0.1, -0.05) is 12.1 Å². The Balaban J connectivity index is 1.39. The van der Waals surface area contributed by atoms with Crippen LogP contribution in [0.5, 0.6) is 5.75 Å². The van der Waals surface area contributed by atoms with Crippen LogP contribution in [0, 0.1) is 0 Å². The molecule has 1 fully saturated rings. The van der Waals surface area contributed by atoms with Gasteiger partial charge in [-0.05, 0) is 42.5 Å². The number of fused-ring (bicyclic) bond motifs is 1. The highest BCUT2D eigenvalue weighted by atomic mass is 32.1. The molecule has 8 heteroatoms. The normalized spacial score (nSPS) is 14.9. The van der Waals surface area contributed by atoms with E-state index in [0.717, 1.165) is 60.3 Å². The van der Waals surface area contributed by atoms with Crippen molar-refractivity contribution >= 4 is 44.6 Å². The number of nitrogens with zero attached hydrogens (tertiary/aromatic N) is 1. The lowest BCUT2D eigenvalue weighted by Gasteiger charge is -2.24. The first-order chi connectivity index (χ1) is 13.7. The largest absolute Gasteiger partial charge is 0.507 e. The SMILES string of the molecule is Oc1ccc(NC(=S)NCC[NH+]2CCOCC2)cc1-c1nc2ccccc2s1. The van der Waals surface area contributed by atoms with Crippen molar-refractivity contribution in [3.8, 4) is 16.3 Å². The van der Waals surface area contributed by atoms with Crippen molar-refractivity contribution in [1.82, 2.24) is 10.3 Å². The summed E-state index contributed by atoms with van der Waals surface area (Å²) in [6, 6.07) is 13.3. The highest BCUT2D eigenvalue weighted by Crippen LogP contribution is 2.36. The van der Waals surface area contributed by atoms with Gasteiger partial charge in [0.05, 0.1) is 42.1 Å². The predicted molar refractivity (Wildman–Crippen MR) is 117 cm³/mol. The number of benzene rings is 2. The van der Waals surface area contributed by atoms with E-state index in [1.165, 1.54) is 4.90 Å². The number of anilines is 1. The molecule has 0 unspecified atom stereocenters. The Morgan fingerprint density at radius 2 is 2.04 bits per heavy atom. The molecule has 146 valence electrons. The molecule has 1 aliphatic rings. The number of rotatable bonds is 5. The van der Waals surface area contributed by atoms with Crippen molar-refractivity contribution in [1.29, 1.82) is 0 Å². The summed E-state index contributed by atoms with van der Waals surface area (Å²) in [7, 11) is 0. The second kappa shape index (κ2) is 8.83. The van der Waals surface area contributed by atoms with Gasteiger partial charge in [0.15, 0.2) is 5.11 Å². The number of phenolic OH excluding ortho intramolecular Hbond substituents is 1. The first-order valence-corrected chi connectivity index (χ1v) is 10.6. The van der Waals surface area contributed by atoms with Gasteiger partial charge in [0.2, 0.25) is 0 Å². The average molecular weight is 416 g/mol. The Kier molecular flexibility index (Phi) is 6.01. The fraction of sp³-hybridized carbons (Fsp3) is 0.300. The van der Waals surface area contributed by atoms with Crippen LogP contribution < -0.4 is 15.5 Å². The fourth-order valence-electron chi connectivity index (χ4n) is 3.21. The zero-order valence-electron chi connectivity index (χ0n) is 15.4. The number of ether oxygens (including phenoxy) is 1. The van der Waals surface area contributed by atoms with Crippen molar-refractivity contribution in [3.63, 3.8) is 0 Å². The lowest BCUT2D eigenvalue weighted by atomic mass is 10.2. The summed E-state index contributed by atoms with van der Waals surface area (Å²) in [6.45, 7) is 5.58. The third-order valence-electron chi connectivity index (χ3n) is 4.74. The number of phenols is 1. The molecule has 6 nitrogen and oxygen atoms in total. The van der Waals surface area contributed by atoms with E-state index in [1.807, 2.05) is 36.4 Å². The summed E-state index contributed by atoms with van der Waals surface area (Å²) in [5.74, 6) is 0.208. The van der Waals surface area contributed by atoms with Crippen LogP contribution in [0.25, 0.3) is 20.8 Å². The van der Waals surface area contributed by atoms with Crippen molar-refractivity contribution < 1.29 is 14.7 Å². The molecule has 28 heavy (non-hydrogen) atoms. The predicted octanol–water partition coefficient (Wildman–Crippen LogP) is 1.87. The quantitative estimate of drug-likeness (QED) is 0.377. The summed E-state index contributed by atoms with van der Waals surface area (Å²) in [5.41, 5.74) is 2.46. The molecule has 0 bridgehead atoms. The minimum Gasteiger partial charge on any atom is -0.507 e. The summed E-state index contributed by atoms with van der Waals surface area (Å²) in [6.07, 6.45) is 0. The van der Waals surface area contributed by atoms with Gasteiger partial charge in [0.25, 0.3) is 0 Å². The number of quaternary nitrogens is 1. The van der Waals surface area contributed by atoms with E-state index in [-0.39, 0.29) is 5.75 Å². The van der Waals surface area contributed by atoms with E-state index in [9.17, 15) is 5.11 Å². The zero-order valence-corrected chi connectivity index (χ0v) is 17.0. The standard InChI is InChI=1S/C20H22N4O2S2/c25-17-6-5-14(22-20(27)21-7-8-24-9-11-26-12-10-24)13-15(17)19-23-16-3-1-2-4-18(16)28-19/h1-6,13,25H,7-12H2,(H2,21,22,27)/p+1. The van der Waals surface area contributed by atoms with E-state index in [0.29, 0.717) is 10.7 Å². The molecule has 1 aliphatic heterocycles. The van der Waals surface area contributed by atoms with Gasteiger partial charge < -0.3 is 25.4 Å². The third kappa shape index (κ3) is 4.59. The van der Waals surface area contributed by atoms with Gasteiger partial charge in [0.1, 0.15) is 23.8 Å². The molecule has 1 saturated heterocycles. The van der Waals surface area contributed by atoms with Crippen LogP contribution in [-0.4, -0.2) is 54.6 Å². The topological polar surface area (TPSA) is 70.8 Å². The minimum absolute atomic E-state index is 0.208. The molecule has 4 rings (SSSR count). The van der Waals surface area contributed by atoms with Crippen LogP contribution in [0.3, 0.4) is 0 Å². The molecule has 3 aromatic rings. The molecular weight excluding hydrogens is 392 g/mol. The second-order valence-corrected chi connectivity index (χ2v) is 8.15. The fourth-order valence-corrected chi connectivity index (χ4v) is 4.42.